The summed E-state index contributed by atoms with van der Waals surface area (Å²) in [6.45, 7) is 3.29. The van der Waals surface area contributed by atoms with Gasteiger partial charge in [0.25, 0.3) is 0 Å². The first-order valence-electron chi connectivity index (χ1n) is 5.58. The Labute approximate surface area is 90.3 Å². The minimum absolute atomic E-state index is 0.890. The summed E-state index contributed by atoms with van der Waals surface area (Å²) in [6, 6.07) is 0. The van der Waals surface area contributed by atoms with E-state index in [-0.39, 0.29) is 0 Å². The monoisotopic (exact) mass is 210 g/mol. The van der Waals surface area contributed by atoms with Gasteiger partial charge in [-0.15, -0.1) is 0 Å². The molecule has 0 atom stereocenters. The van der Waals surface area contributed by atoms with Gasteiger partial charge in [0.05, 0.1) is 0 Å². The van der Waals surface area contributed by atoms with Gasteiger partial charge in [0.2, 0.25) is 0 Å². The van der Waals surface area contributed by atoms with E-state index in [0.717, 1.165) is 23.7 Å². The number of hydrogen-bond donors (Lipinski definition) is 1. The van der Waals surface area contributed by atoms with Crippen molar-refractivity contribution >= 4 is 12.2 Å². The van der Waals surface area contributed by atoms with E-state index in [2.05, 4.69) is 16.5 Å². The zero-order valence-electron chi connectivity index (χ0n) is 8.75. The Balaban J connectivity index is 1.99. The van der Waals surface area contributed by atoms with Crippen LogP contribution < -0.4 is 0 Å². The second-order valence-corrected chi connectivity index (χ2v) is 4.56. The molecule has 3 heteroatoms. The highest BCUT2D eigenvalue weighted by atomic mass is 32.1. The fourth-order valence-electron chi connectivity index (χ4n) is 2.06. The summed E-state index contributed by atoms with van der Waals surface area (Å²) in [4.78, 5) is 3.13. The van der Waals surface area contributed by atoms with Gasteiger partial charge in [-0.05, 0) is 31.0 Å². The molecule has 0 saturated heterocycles. The first-order valence-corrected chi connectivity index (χ1v) is 5.99. The zero-order valence-corrected chi connectivity index (χ0v) is 9.57. The molecule has 1 heterocycles. The van der Waals surface area contributed by atoms with Crippen LogP contribution in [0.1, 0.15) is 38.3 Å². The Hall–Kier alpha value is -0.570. The molecular formula is C11H18N2S. The minimum atomic E-state index is 0.890. The van der Waals surface area contributed by atoms with Crippen LogP contribution in [0.25, 0.3) is 0 Å². The molecule has 0 spiro atoms. The van der Waals surface area contributed by atoms with Gasteiger partial charge in [-0.3, -0.25) is 0 Å². The second-order valence-electron chi connectivity index (χ2n) is 4.18. The highest BCUT2D eigenvalue weighted by Gasteiger charge is 2.17. The first-order chi connectivity index (χ1) is 6.81. The molecule has 0 bridgehead atoms. The number of rotatable bonds is 4. The Morgan fingerprint density at radius 3 is 2.93 bits per heavy atom. The van der Waals surface area contributed by atoms with Crippen LogP contribution in [-0.4, -0.2) is 9.55 Å². The Morgan fingerprint density at radius 2 is 2.36 bits per heavy atom. The van der Waals surface area contributed by atoms with Crippen molar-refractivity contribution in [1.29, 1.82) is 0 Å². The largest absolute Gasteiger partial charge is 0.337 e. The number of H-pyrrole nitrogens is 1. The second kappa shape index (κ2) is 4.30. The summed E-state index contributed by atoms with van der Waals surface area (Å²) >= 11 is 5.25. The Bertz CT molecular complexity index is 346. The molecular weight excluding hydrogens is 192 g/mol. The van der Waals surface area contributed by atoms with Crippen LogP contribution in [0.5, 0.6) is 0 Å². The molecule has 1 fully saturated rings. The molecule has 1 saturated carbocycles. The third-order valence-electron chi connectivity index (χ3n) is 3.30. The van der Waals surface area contributed by atoms with Gasteiger partial charge in [0.1, 0.15) is 0 Å². The summed E-state index contributed by atoms with van der Waals surface area (Å²) in [6.07, 6.45) is 8.71. The van der Waals surface area contributed by atoms with Crippen LogP contribution in [0.3, 0.4) is 0 Å². The number of nitrogens with one attached hydrogen (secondary N) is 1. The van der Waals surface area contributed by atoms with Crippen molar-refractivity contribution in [2.45, 2.75) is 45.6 Å². The van der Waals surface area contributed by atoms with Crippen molar-refractivity contribution in [3.05, 3.63) is 16.7 Å². The quantitative estimate of drug-likeness (QED) is 0.756. The summed E-state index contributed by atoms with van der Waals surface area (Å²) < 4.78 is 3.15. The van der Waals surface area contributed by atoms with Crippen molar-refractivity contribution in [1.82, 2.24) is 9.55 Å². The van der Waals surface area contributed by atoms with E-state index in [0.29, 0.717) is 0 Å². The molecule has 14 heavy (non-hydrogen) atoms. The number of imidazole rings is 1. The topological polar surface area (TPSA) is 20.7 Å². The van der Waals surface area contributed by atoms with Crippen molar-refractivity contribution in [3.8, 4) is 0 Å². The molecule has 1 aliphatic rings. The van der Waals surface area contributed by atoms with Crippen LogP contribution in [0, 0.1) is 10.7 Å². The van der Waals surface area contributed by atoms with Gasteiger partial charge in [0.15, 0.2) is 4.77 Å². The molecule has 0 unspecified atom stereocenters. The molecule has 0 radical (unpaired) electrons. The highest BCUT2D eigenvalue weighted by Crippen LogP contribution is 2.29. The third kappa shape index (κ3) is 1.92. The summed E-state index contributed by atoms with van der Waals surface area (Å²) in [5.74, 6) is 0.969. The van der Waals surface area contributed by atoms with Crippen molar-refractivity contribution in [2.75, 3.05) is 0 Å². The lowest BCUT2D eigenvalue weighted by atomic mass is 9.83. The molecule has 1 aromatic heterocycles. The van der Waals surface area contributed by atoms with Crippen LogP contribution in [0.4, 0.5) is 0 Å². The zero-order chi connectivity index (χ0) is 9.97. The highest BCUT2D eigenvalue weighted by molar-refractivity contribution is 7.71. The van der Waals surface area contributed by atoms with Gasteiger partial charge in [-0.1, -0.05) is 26.2 Å². The maximum atomic E-state index is 5.25. The number of aryl methyl sites for hydroxylation is 1. The molecule has 1 aliphatic carbocycles. The molecule has 0 aromatic carbocycles. The average Bonchev–Trinajstić information content (AvgIpc) is 2.45. The predicted octanol–water partition coefficient (Wildman–Crippen LogP) is 3.30. The van der Waals surface area contributed by atoms with E-state index in [1.54, 1.807) is 0 Å². The Morgan fingerprint density at radius 1 is 1.57 bits per heavy atom. The molecule has 2 nitrogen and oxygen atoms in total. The van der Waals surface area contributed by atoms with Gasteiger partial charge in [-0.25, -0.2) is 0 Å². The first kappa shape index (κ1) is 9.97. The summed E-state index contributed by atoms with van der Waals surface area (Å²) in [5, 5.41) is 0. The normalized spacial score (nSPS) is 16.9. The minimum Gasteiger partial charge on any atom is -0.337 e. The number of aromatic amines is 1. The summed E-state index contributed by atoms with van der Waals surface area (Å²) in [5.41, 5.74) is 1.34. The molecule has 1 aromatic rings. The Kier molecular flexibility index (Phi) is 3.06. The molecule has 0 aliphatic heterocycles. The lowest BCUT2D eigenvalue weighted by molar-refractivity contribution is 0.281. The number of hydrogen-bond acceptors (Lipinski definition) is 1. The van der Waals surface area contributed by atoms with Gasteiger partial charge >= 0.3 is 0 Å². The number of nitrogens with zero attached hydrogens (tertiary/aromatic N) is 1. The molecule has 1 N–H and O–H groups in total. The van der Waals surface area contributed by atoms with Crippen LogP contribution in [-0.2, 0) is 13.0 Å². The van der Waals surface area contributed by atoms with E-state index >= 15 is 0 Å². The lowest BCUT2D eigenvalue weighted by Crippen LogP contribution is -2.14. The summed E-state index contributed by atoms with van der Waals surface area (Å²) in [7, 11) is 0. The van der Waals surface area contributed by atoms with Crippen molar-refractivity contribution in [2.24, 2.45) is 5.92 Å². The number of aromatic nitrogens is 2. The standard InChI is InChI=1S/C11H18N2S/c1-2-10-8-12-11(14)13(10)7-6-9-4-3-5-9/h8-9H,2-7H2,1H3,(H,12,14). The predicted molar refractivity (Wildman–Crippen MR) is 61.0 cm³/mol. The van der Waals surface area contributed by atoms with Crippen molar-refractivity contribution < 1.29 is 0 Å². The molecule has 78 valence electrons. The SMILES string of the molecule is CCc1c[nH]c(=S)n1CCC1CCC1. The molecule has 2 rings (SSSR count). The van der Waals surface area contributed by atoms with Gasteiger partial charge < -0.3 is 9.55 Å². The lowest BCUT2D eigenvalue weighted by Gasteiger charge is -2.25. The maximum Gasteiger partial charge on any atom is 0.177 e. The van der Waals surface area contributed by atoms with Crippen LogP contribution >= 0.6 is 12.2 Å². The van der Waals surface area contributed by atoms with E-state index in [1.165, 1.54) is 31.4 Å². The van der Waals surface area contributed by atoms with E-state index < -0.39 is 0 Å². The third-order valence-corrected chi connectivity index (χ3v) is 3.64. The van der Waals surface area contributed by atoms with E-state index in [4.69, 9.17) is 12.2 Å². The molecule has 0 amide bonds. The van der Waals surface area contributed by atoms with Gasteiger partial charge in [0, 0.05) is 18.4 Å². The van der Waals surface area contributed by atoms with Crippen LogP contribution in [0.15, 0.2) is 6.20 Å². The average molecular weight is 210 g/mol. The van der Waals surface area contributed by atoms with Crippen molar-refractivity contribution in [3.63, 3.8) is 0 Å². The maximum absolute atomic E-state index is 5.25. The van der Waals surface area contributed by atoms with Crippen LogP contribution in [0.2, 0.25) is 0 Å². The van der Waals surface area contributed by atoms with E-state index in [1.807, 2.05) is 6.20 Å². The fourth-order valence-corrected chi connectivity index (χ4v) is 2.33. The fraction of sp³-hybridized carbons (Fsp3) is 0.727. The van der Waals surface area contributed by atoms with E-state index in [9.17, 15) is 0 Å². The smallest absolute Gasteiger partial charge is 0.177 e. The van der Waals surface area contributed by atoms with Gasteiger partial charge in [-0.2, -0.15) is 0 Å².